The summed E-state index contributed by atoms with van der Waals surface area (Å²) < 4.78 is 5.36. The van der Waals surface area contributed by atoms with Gasteiger partial charge in [0.25, 0.3) is 0 Å². The summed E-state index contributed by atoms with van der Waals surface area (Å²) in [6.45, 7) is 4.61. The van der Waals surface area contributed by atoms with Crippen LogP contribution < -0.4 is 0 Å². The Morgan fingerprint density at radius 3 is 2.64 bits per heavy atom. The van der Waals surface area contributed by atoms with Crippen LogP contribution in [0.3, 0.4) is 0 Å². The summed E-state index contributed by atoms with van der Waals surface area (Å²) in [5.74, 6) is 0.481. The Bertz CT molecular complexity index is 240. The lowest BCUT2D eigenvalue weighted by atomic mass is 10.0. The minimum Gasteiger partial charge on any atom is -0.478 e. The van der Waals surface area contributed by atoms with Crippen LogP contribution in [-0.4, -0.2) is 48.8 Å². The lowest BCUT2D eigenvalue weighted by Crippen LogP contribution is -2.23. The first-order valence-corrected chi connectivity index (χ1v) is 4.95. The summed E-state index contributed by atoms with van der Waals surface area (Å²) in [4.78, 5) is 12.5. The average Bonchev–Trinajstić information content (AvgIpc) is 2.62. The zero-order valence-electron chi connectivity index (χ0n) is 8.06. The Morgan fingerprint density at radius 1 is 1.43 bits per heavy atom. The van der Waals surface area contributed by atoms with E-state index in [9.17, 15) is 4.79 Å². The van der Waals surface area contributed by atoms with E-state index in [0.29, 0.717) is 11.8 Å². The molecule has 0 amide bonds. The second-order valence-electron chi connectivity index (χ2n) is 4.02. The number of carboxylic acid groups (broad SMARTS) is 1. The third-order valence-electron chi connectivity index (χ3n) is 2.94. The highest BCUT2D eigenvalue weighted by atomic mass is 16.5. The molecule has 0 bridgehead atoms. The molecule has 2 saturated heterocycles. The summed E-state index contributed by atoms with van der Waals surface area (Å²) in [6.07, 6.45) is 2.93. The van der Waals surface area contributed by atoms with Gasteiger partial charge in [-0.25, -0.2) is 4.79 Å². The Kier molecular flexibility index (Phi) is 2.84. The average molecular weight is 197 g/mol. The number of fused-ring (bicyclic) bond motifs is 1. The molecule has 4 nitrogen and oxygen atoms in total. The van der Waals surface area contributed by atoms with Crippen molar-refractivity contribution in [3.05, 3.63) is 12.2 Å². The fraction of sp³-hybridized carbons (Fsp3) is 0.700. The highest BCUT2D eigenvalue weighted by Crippen LogP contribution is 2.28. The number of carboxylic acids is 1. The molecule has 0 spiro atoms. The topological polar surface area (TPSA) is 49.8 Å². The molecule has 0 aromatic heterocycles. The van der Waals surface area contributed by atoms with Crippen LogP contribution in [0.5, 0.6) is 0 Å². The standard InChI is InChI=1S/C10H15NO3/c12-10(13)2-1-3-11-4-8-6-14-7-9(8)5-11/h1-2,8-9H,3-7H2,(H,12,13)/b2-1+/t8-,9+. The Hall–Kier alpha value is -0.870. The Morgan fingerprint density at radius 2 is 2.07 bits per heavy atom. The first-order valence-electron chi connectivity index (χ1n) is 4.95. The molecule has 4 heteroatoms. The molecule has 0 aromatic rings. The van der Waals surface area contributed by atoms with Crippen molar-refractivity contribution >= 4 is 5.97 Å². The van der Waals surface area contributed by atoms with E-state index in [-0.39, 0.29) is 0 Å². The van der Waals surface area contributed by atoms with Gasteiger partial charge in [-0.3, -0.25) is 4.90 Å². The zero-order valence-corrected chi connectivity index (χ0v) is 8.06. The number of hydrogen-bond donors (Lipinski definition) is 1. The van der Waals surface area contributed by atoms with Gasteiger partial charge in [0.15, 0.2) is 0 Å². The second kappa shape index (κ2) is 4.11. The number of nitrogens with zero attached hydrogens (tertiary/aromatic N) is 1. The number of hydrogen-bond acceptors (Lipinski definition) is 3. The van der Waals surface area contributed by atoms with Crippen molar-refractivity contribution in [2.45, 2.75) is 0 Å². The fourth-order valence-electron chi connectivity index (χ4n) is 2.24. The summed E-state index contributed by atoms with van der Waals surface area (Å²) in [7, 11) is 0. The smallest absolute Gasteiger partial charge is 0.328 e. The van der Waals surface area contributed by atoms with Crippen molar-refractivity contribution in [1.82, 2.24) is 4.90 Å². The van der Waals surface area contributed by atoms with Crippen molar-refractivity contribution < 1.29 is 14.6 Å². The maximum absolute atomic E-state index is 10.2. The largest absolute Gasteiger partial charge is 0.478 e. The third kappa shape index (κ3) is 2.13. The van der Waals surface area contributed by atoms with Gasteiger partial charge in [-0.1, -0.05) is 6.08 Å². The molecule has 2 rings (SSSR count). The van der Waals surface area contributed by atoms with Gasteiger partial charge < -0.3 is 9.84 Å². The molecule has 78 valence electrons. The van der Waals surface area contributed by atoms with Gasteiger partial charge >= 0.3 is 5.97 Å². The summed E-state index contributed by atoms with van der Waals surface area (Å²) in [5, 5.41) is 8.42. The summed E-state index contributed by atoms with van der Waals surface area (Å²) in [6, 6.07) is 0. The van der Waals surface area contributed by atoms with Gasteiger partial charge in [-0.2, -0.15) is 0 Å². The number of carbonyl (C=O) groups is 1. The maximum atomic E-state index is 10.2. The zero-order chi connectivity index (χ0) is 9.97. The maximum Gasteiger partial charge on any atom is 0.328 e. The molecule has 2 heterocycles. The van der Waals surface area contributed by atoms with Gasteiger partial charge in [0.05, 0.1) is 13.2 Å². The molecule has 2 atom stereocenters. The molecular weight excluding hydrogens is 182 g/mol. The van der Waals surface area contributed by atoms with Crippen molar-refractivity contribution in [2.75, 3.05) is 32.8 Å². The molecule has 2 aliphatic rings. The molecule has 0 aliphatic carbocycles. The van der Waals surface area contributed by atoms with E-state index in [4.69, 9.17) is 9.84 Å². The fourth-order valence-corrected chi connectivity index (χ4v) is 2.24. The number of ether oxygens (including phenoxy) is 1. The van der Waals surface area contributed by atoms with Gasteiger partial charge in [0.1, 0.15) is 0 Å². The van der Waals surface area contributed by atoms with Crippen LogP contribution in [-0.2, 0) is 9.53 Å². The lowest BCUT2D eigenvalue weighted by Gasteiger charge is -2.13. The Balaban J connectivity index is 1.76. The van der Waals surface area contributed by atoms with E-state index in [1.54, 1.807) is 6.08 Å². The molecule has 2 aliphatic heterocycles. The van der Waals surface area contributed by atoms with Crippen LogP contribution in [0.2, 0.25) is 0 Å². The number of likely N-dealkylation sites (tertiary alicyclic amines) is 1. The molecule has 14 heavy (non-hydrogen) atoms. The van der Waals surface area contributed by atoms with E-state index in [1.165, 1.54) is 6.08 Å². The molecule has 0 saturated carbocycles. The lowest BCUT2D eigenvalue weighted by molar-refractivity contribution is -0.131. The van der Waals surface area contributed by atoms with Crippen molar-refractivity contribution in [3.8, 4) is 0 Å². The van der Waals surface area contributed by atoms with E-state index in [1.807, 2.05) is 0 Å². The van der Waals surface area contributed by atoms with Gasteiger partial charge in [-0.15, -0.1) is 0 Å². The predicted octanol–water partition coefficient (Wildman–Crippen LogP) is 0.205. The highest BCUT2D eigenvalue weighted by molar-refractivity contribution is 5.79. The quantitative estimate of drug-likeness (QED) is 0.657. The Labute approximate surface area is 83.2 Å². The molecular formula is C10H15NO3. The summed E-state index contributed by atoms with van der Waals surface area (Å²) in [5.41, 5.74) is 0. The molecule has 2 fully saturated rings. The van der Waals surface area contributed by atoms with Crippen LogP contribution in [0.4, 0.5) is 0 Å². The van der Waals surface area contributed by atoms with E-state index >= 15 is 0 Å². The highest BCUT2D eigenvalue weighted by Gasteiger charge is 2.36. The predicted molar refractivity (Wildman–Crippen MR) is 51.0 cm³/mol. The number of aliphatic carboxylic acids is 1. The van der Waals surface area contributed by atoms with Crippen LogP contribution in [0, 0.1) is 11.8 Å². The second-order valence-corrected chi connectivity index (χ2v) is 4.02. The monoisotopic (exact) mass is 197 g/mol. The van der Waals surface area contributed by atoms with Crippen molar-refractivity contribution in [3.63, 3.8) is 0 Å². The van der Waals surface area contributed by atoms with Crippen LogP contribution in [0.15, 0.2) is 12.2 Å². The van der Waals surface area contributed by atoms with Crippen LogP contribution >= 0.6 is 0 Å². The first kappa shape index (κ1) is 9.68. The minimum absolute atomic E-state index is 0.674. The van der Waals surface area contributed by atoms with Gasteiger partial charge in [0.2, 0.25) is 0 Å². The molecule has 0 unspecified atom stereocenters. The van der Waals surface area contributed by atoms with Crippen LogP contribution in [0.1, 0.15) is 0 Å². The van der Waals surface area contributed by atoms with E-state index < -0.39 is 5.97 Å². The first-order chi connectivity index (χ1) is 6.75. The van der Waals surface area contributed by atoms with Gasteiger partial charge in [-0.05, 0) is 0 Å². The molecule has 1 N–H and O–H groups in total. The van der Waals surface area contributed by atoms with Crippen molar-refractivity contribution in [1.29, 1.82) is 0 Å². The molecule has 0 radical (unpaired) electrons. The van der Waals surface area contributed by atoms with Crippen molar-refractivity contribution in [2.24, 2.45) is 11.8 Å². The minimum atomic E-state index is -0.868. The summed E-state index contributed by atoms with van der Waals surface area (Å²) >= 11 is 0. The van der Waals surface area contributed by atoms with Gasteiger partial charge in [0, 0.05) is 37.5 Å². The third-order valence-corrected chi connectivity index (χ3v) is 2.94. The SMILES string of the molecule is O=C(O)/C=C/CN1C[C@H]2COC[C@H]2C1. The normalized spacial score (nSPS) is 32.6. The van der Waals surface area contributed by atoms with E-state index in [0.717, 1.165) is 32.8 Å². The van der Waals surface area contributed by atoms with E-state index in [2.05, 4.69) is 4.90 Å². The van der Waals surface area contributed by atoms with Crippen LogP contribution in [0.25, 0.3) is 0 Å². The number of rotatable bonds is 3. The molecule has 0 aromatic carbocycles.